The van der Waals surface area contributed by atoms with E-state index in [0.717, 1.165) is 5.56 Å². The predicted molar refractivity (Wildman–Crippen MR) is 102 cm³/mol. The van der Waals surface area contributed by atoms with Gasteiger partial charge < -0.3 is 0 Å². The van der Waals surface area contributed by atoms with Crippen molar-refractivity contribution in [1.82, 2.24) is 15.6 Å². The summed E-state index contributed by atoms with van der Waals surface area (Å²) in [5, 5.41) is 21.3. The standard InChI is InChI=1S/C19H15N5O3/c25-19(23-20-11-5-8-14-6-2-1-3-7-14)18-13-17(21-22-18)15-9-4-10-16(12-15)24(26)27/h1-13H,(H,21,22)(H,23,25)/b8-5+,20-11-. The molecule has 27 heavy (non-hydrogen) atoms. The molecule has 0 saturated heterocycles. The number of H-pyrrole nitrogens is 1. The number of nitrogens with zero attached hydrogens (tertiary/aromatic N) is 3. The molecule has 0 aliphatic rings. The molecule has 1 heterocycles. The third-order valence-corrected chi connectivity index (χ3v) is 3.59. The number of aromatic amines is 1. The third-order valence-electron chi connectivity index (χ3n) is 3.59. The Morgan fingerprint density at radius 1 is 1.15 bits per heavy atom. The lowest BCUT2D eigenvalue weighted by Gasteiger charge is -1.96. The van der Waals surface area contributed by atoms with Crippen molar-refractivity contribution in [3.63, 3.8) is 0 Å². The third kappa shape index (κ3) is 4.73. The fraction of sp³-hybridized carbons (Fsp3) is 0. The van der Waals surface area contributed by atoms with E-state index in [4.69, 9.17) is 0 Å². The molecular weight excluding hydrogens is 346 g/mol. The van der Waals surface area contributed by atoms with Crippen LogP contribution in [0.15, 0.2) is 71.8 Å². The fourth-order valence-electron chi connectivity index (χ4n) is 2.28. The first-order valence-electron chi connectivity index (χ1n) is 7.99. The molecule has 0 bridgehead atoms. The van der Waals surface area contributed by atoms with Crippen molar-refractivity contribution in [3.8, 4) is 11.3 Å². The highest BCUT2D eigenvalue weighted by atomic mass is 16.6. The van der Waals surface area contributed by atoms with Gasteiger partial charge in [-0.3, -0.25) is 20.0 Å². The maximum Gasteiger partial charge on any atom is 0.289 e. The molecule has 2 aromatic carbocycles. The summed E-state index contributed by atoms with van der Waals surface area (Å²) in [6.45, 7) is 0. The van der Waals surface area contributed by atoms with Crippen LogP contribution in [0.4, 0.5) is 5.69 Å². The molecule has 0 fully saturated rings. The average molecular weight is 361 g/mol. The van der Waals surface area contributed by atoms with E-state index in [2.05, 4.69) is 20.7 Å². The average Bonchev–Trinajstić information content (AvgIpc) is 3.19. The van der Waals surface area contributed by atoms with Crippen molar-refractivity contribution in [2.75, 3.05) is 0 Å². The Bertz CT molecular complexity index is 1010. The summed E-state index contributed by atoms with van der Waals surface area (Å²) in [6, 6.07) is 17.2. The number of hydrogen-bond donors (Lipinski definition) is 2. The summed E-state index contributed by atoms with van der Waals surface area (Å²) in [7, 11) is 0. The highest BCUT2D eigenvalue weighted by molar-refractivity contribution is 5.94. The SMILES string of the molecule is O=C(N/N=C\C=C\c1ccccc1)c1cc(-c2cccc([N+](=O)[O-])c2)n[nH]1. The molecule has 1 aromatic heterocycles. The number of carbonyl (C=O) groups is 1. The van der Waals surface area contributed by atoms with Crippen LogP contribution < -0.4 is 5.43 Å². The largest absolute Gasteiger partial charge is 0.289 e. The number of hydrogen-bond acceptors (Lipinski definition) is 5. The summed E-state index contributed by atoms with van der Waals surface area (Å²) < 4.78 is 0. The number of nitro groups is 1. The molecule has 0 unspecified atom stereocenters. The van der Waals surface area contributed by atoms with E-state index in [-0.39, 0.29) is 11.4 Å². The summed E-state index contributed by atoms with van der Waals surface area (Å²) in [4.78, 5) is 22.4. The predicted octanol–water partition coefficient (Wildman–Crippen LogP) is 3.41. The van der Waals surface area contributed by atoms with Gasteiger partial charge in [-0.1, -0.05) is 48.5 Å². The normalized spacial score (nSPS) is 11.1. The van der Waals surface area contributed by atoms with Crippen molar-refractivity contribution in [1.29, 1.82) is 0 Å². The lowest BCUT2D eigenvalue weighted by molar-refractivity contribution is -0.384. The first-order chi connectivity index (χ1) is 13.1. The Hall–Kier alpha value is -4.07. The molecule has 2 N–H and O–H groups in total. The van der Waals surface area contributed by atoms with Crippen LogP contribution in [0.1, 0.15) is 16.1 Å². The van der Waals surface area contributed by atoms with Gasteiger partial charge in [-0.05, 0) is 17.7 Å². The number of aromatic nitrogens is 2. The molecule has 0 atom stereocenters. The zero-order valence-corrected chi connectivity index (χ0v) is 14.1. The van der Waals surface area contributed by atoms with Crippen molar-refractivity contribution in [3.05, 3.63) is 88.1 Å². The first-order valence-corrected chi connectivity index (χ1v) is 7.99. The second-order valence-electron chi connectivity index (χ2n) is 5.46. The Morgan fingerprint density at radius 3 is 2.74 bits per heavy atom. The lowest BCUT2D eigenvalue weighted by Crippen LogP contribution is -2.17. The van der Waals surface area contributed by atoms with E-state index in [1.807, 2.05) is 36.4 Å². The van der Waals surface area contributed by atoms with Gasteiger partial charge in [0.25, 0.3) is 11.6 Å². The minimum atomic E-state index is -0.485. The molecule has 0 saturated carbocycles. The molecule has 8 heteroatoms. The van der Waals surface area contributed by atoms with Crippen LogP contribution in [-0.4, -0.2) is 27.2 Å². The van der Waals surface area contributed by atoms with Crippen LogP contribution in [-0.2, 0) is 0 Å². The molecule has 0 radical (unpaired) electrons. The van der Waals surface area contributed by atoms with Gasteiger partial charge in [0.1, 0.15) is 5.69 Å². The lowest BCUT2D eigenvalue weighted by atomic mass is 10.1. The van der Waals surface area contributed by atoms with E-state index < -0.39 is 10.8 Å². The number of benzene rings is 2. The molecule has 0 aliphatic heterocycles. The van der Waals surface area contributed by atoms with Gasteiger partial charge in [0.05, 0.1) is 10.6 Å². The molecule has 134 valence electrons. The van der Waals surface area contributed by atoms with Gasteiger partial charge in [0, 0.05) is 23.9 Å². The van der Waals surface area contributed by atoms with Crippen molar-refractivity contribution in [2.24, 2.45) is 5.10 Å². The minimum Gasteiger partial charge on any atom is -0.272 e. The van der Waals surface area contributed by atoms with Gasteiger partial charge in [0.15, 0.2) is 0 Å². The summed E-state index contributed by atoms with van der Waals surface area (Å²) >= 11 is 0. The number of rotatable bonds is 6. The van der Waals surface area contributed by atoms with Gasteiger partial charge in [-0.15, -0.1) is 0 Å². The van der Waals surface area contributed by atoms with E-state index in [1.54, 1.807) is 18.2 Å². The quantitative estimate of drug-likeness (QED) is 0.398. The number of allylic oxidation sites excluding steroid dienone is 1. The second-order valence-corrected chi connectivity index (χ2v) is 5.46. The molecule has 0 spiro atoms. The van der Waals surface area contributed by atoms with Crippen molar-refractivity contribution >= 4 is 23.9 Å². The molecular formula is C19H15N5O3. The molecule has 8 nitrogen and oxygen atoms in total. The van der Waals surface area contributed by atoms with Gasteiger partial charge in [-0.25, -0.2) is 5.43 Å². The van der Waals surface area contributed by atoms with E-state index in [0.29, 0.717) is 11.3 Å². The number of non-ortho nitro benzene ring substituents is 1. The van der Waals surface area contributed by atoms with Crippen LogP contribution in [0.2, 0.25) is 0 Å². The summed E-state index contributed by atoms with van der Waals surface area (Å²) in [5.74, 6) is -0.469. The Morgan fingerprint density at radius 2 is 1.96 bits per heavy atom. The molecule has 1 amide bonds. The minimum absolute atomic E-state index is 0.0451. The van der Waals surface area contributed by atoms with Gasteiger partial charge in [-0.2, -0.15) is 10.2 Å². The number of carbonyl (C=O) groups excluding carboxylic acids is 1. The summed E-state index contributed by atoms with van der Waals surface area (Å²) in [5.41, 5.74) is 4.51. The summed E-state index contributed by atoms with van der Waals surface area (Å²) in [6.07, 6.45) is 5.02. The number of nitro benzene ring substituents is 1. The van der Waals surface area contributed by atoms with E-state index in [9.17, 15) is 14.9 Å². The molecule has 3 aromatic rings. The number of amides is 1. The van der Waals surface area contributed by atoms with Crippen LogP contribution in [0.5, 0.6) is 0 Å². The maximum absolute atomic E-state index is 12.1. The van der Waals surface area contributed by atoms with E-state index in [1.165, 1.54) is 24.4 Å². The molecule has 0 aliphatic carbocycles. The van der Waals surface area contributed by atoms with Crippen molar-refractivity contribution in [2.45, 2.75) is 0 Å². The first kappa shape index (κ1) is 17.7. The Kier molecular flexibility index (Phi) is 5.48. The van der Waals surface area contributed by atoms with Gasteiger partial charge in [0.2, 0.25) is 0 Å². The van der Waals surface area contributed by atoms with Crippen LogP contribution in [0.25, 0.3) is 17.3 Å². The van der Waals surface area contributed by atoms with Gasteiger partial charge >= 0.3 is 0 Å². The second kappa shape index (κ2) is 8.34. The van der Waals surface area contributed by atoms with Crippen molar-refractivity contribution < 1.29 is 9.72 Å². The monoisotopic (exact) mass is 361 g/mol. The zero-order valence-electron chi connectivity index (χ0n) is 14.1. The van der Waals surface area contributed by atoms with Crippen LogP contribution in [0.3, 0.4) is 0 Å². The Labute approximate surface area is 154 Å². The zero-order chi connectivity index (χ0) is 19.1. The molecule has 3 rings (SSSR count). The van der Waals surface area contributed by atoms with E-state index >= 15 is 0 Å². The highest BCUT2D eigenvalue weighted by Gasteiger charge is 2.12. The number of nitrogens with one attached hydrogen (secondary N) is 2. The maximum atomic E-state index is 12.1. The highest BCUT2D eigenvalue weighted by Crippen LogP contribution is 2.22. The topological polar surface area (TPSA) is 113 Å². The number of hydrazone groups is 1. The van der Waals surface area contributed by atoms with Crippen LogP contribution >= 0.6 is 0 Å². The van der Waals surface area contributed by atoms with Crippen LogP contribution in [0, 0.1) is 10.1 Å². The smallest absolute Gasteiger partial charge is 0.272 e. The fourth-order valence-corrected chi connectivity index (χ4v) is 2.28. The Balaban J connectivity index is 1.62.